The van der Waals surface area contributed by atoms with Crippen molar-refractivity contribution in [2.24, 2.45) is 0 Å². The van der Waals surface area contributed by atoms with Crippen LogP contribution >= 0.6 is 0 Å². The third-order valence-corrected chi connectivity index (χ3v) is 5.44. The van der Waals surface area contributed by atoms with Gasteiger partial charge in [0, 0.05) is 5.56 Å². The number of hydrogen-bond donors (Lipinski definition) is 3. The van der Waals surface area contributed by atoms with Crippen LogP contribution in [0.3, 0.4) is 0 Å². The molecule has 0 saturated carbocycles. The lowest BCUT2D eigenvalue weighted by molar-refractivity contribution is -0.207. The number of rotatable bonds is 8. The van der Waals surface area contributed by atoms with E-state index in [2.05, 4.69) is 0 Å². The summed E-state index contributed by atoms with van der Waals surface area (Å²) >= 11 is 0. The quantitative estimate of drug-likeness (QED) is 0.664. The molecule has 146 valence electrons. The van der Waals surface area contributed by atoms with Crippen LogP contribution in [0.25, 0.3) is 0 Å². The van der Waals surface area contributed by atoms with E-state index >= 15 is 0 Å². The molecular weight excluding hydrogens is 344 g/mol. The number of unbranched alkanes of at least 4 members (excludes halogenated alkanes) is 1. The minimum atomic E-state index is -1.36. The molecule has 0 bridgehead atoms. The third kappa shape index (κ3) is 3.48. The molecule has 27 heavy (non-hydrogen) atoms. The van der Waals surface area contributed by atoms with Gasteiger partial charge in [0.2, 0.25) is 0 Å². The summed E-state index contributed by atoms with van der Waals surface area (Å²) in [6, 6.07) is 18.5. The Bertz CT molecular complexity index is 707. The zero-order valence-electron chi connectivity index (χ0n) is 15.6. The molecule has 1 heterocycles. The first-order valence-electron chi connectivity index (χ1n) is 9.50. The molecule has 1 fully saturated rings. The van der Waals surface area contributed by atoms with E-state index in [9.17, 15) is 15.3 Å². The molecule has 2 aromatic rings. The Hall–Kier alpha value is -1.92. The van der Waals surface area contributed by atoms with Crippen LogP contribution in [0.4, 0.5) is 0 Å². The first kappa shape index (κ1) is 19.8. The molecule has 0 aliphatic carbocycles. The second-order valence-electron chi connectivity index (χ2n) is 7.08. The van der Waals surface area contributed by atoms with Crippen molar-refractivity contribution in [3.05, 3.63) is 66.2 Å². The van der Waals surface area contributed by atoms with Crippen LogP contribution in [-0.2, 0) is 10.3 Å². The van der Waals surface area contributed by atoms with Crippen LogP contribution in [0.2, 0.25) is 0 Å². The fourth-order valence-electron chi connectivity index (χ4n) is 3.98. The predicted molar refractivity (Wildman–Crippen MR) is 102 cm³/mol. The summed E-state index contributed by atoms with van der Waals surface area (Å²) in [5, 5.41) is 31.9. The van der Waals surface area contributed by atoms with E-state index in [1.165, 1.54) is 0 Å². The van der Waals surface area contributed by atoms with Gasteiger partial charge in [-0.25, -0.2) is 0 Å². The molecule has 5 heteroatoms. The van der Waals surface area contributed by atoms with Gasteiger partial charge in [-0.15, -0.1) is 0 Å². The van der Waals surface area contributed by atoms with E-state index in [4.69, 9.17) is 9.47 Å². The maximum absolute atomic E-state index is 11.0. The van der Waals surface area contributed by atoms with Crippen molar-refractivity contribution in [1.29, 1.82) is 0 Å². The number of hydrogen-bond acceptors (Lipinski definition) is 5. The smallest absolute Gasteiger partial charge is 0.188 e. The van der Waals surface area contributed by atoms with Crippen molar-refractivity contribution >= 4 is 0 Å². The van der Waals surface area contributed by atoms with Crippen LogP contribution in [-0.4, -0.2) is 46.3 Å². The van der Waals surface area contributed by atoms with E-state index in [-0.39, 0.29) is 6.61 Å². The summed E-state index contributed by atoms with van der Waals surface area (Å²) in [4.78, 5) is 0. The van der Waals surface area contributed by atoms with Crippen molar-refractivity contribution in [2.75, 3.05) is 13.2 Å². The van der Waals surface area contributed by atoms with Gasteiger partial charge in [-0.2, -0.15) is 0 Å². The minimum absolute atomic E-state index is 0.00237. The molecule has 0 spiro atoms. The Morgan fingerprint density at radius 2 is 1.70 bits per heavy atom. The maximum atomic E-state index is 11.0. The normalized spacial score (nSPS) is 27.3. The van der Waals surface area contributed by atoms with E-state index in [0.717, 1.165) is 12.8 Å². The second-order valence-corrected chi connectivity index (χ2v) is 7.08. The Balaban J connectivity index is 2.17. The van der Waals surface area contributed by atoms with Crippen LogP contribution in [0.1, 0.15) is 31.7 Å². The van der Waals surface area contributed by atoms with Crippen LogP contribution in [0, 0.1) is 0 Å². The fourth-order valence-corrected chi connectivity index (χ4v) is 3.98. The molecule has 4 atom stereocenters. The van der Waals surface area contributed by atoms with Gasteiger partial charge in [0.1, 0.15) is 23.6 Å². The van der Waals surface area contributed by atoms with Gasteiger partial charge in [-0.05, 0) is 18.6 Å². The Kier molecular flexibility index (Phi) is 6.17. The molecule has 3 N–H and O–H groups in total. The molecule has 1 saturated heterocycles. The van der Waals surface area contributed by atoms with Crippen molar-refractivity contribution in [3.63, 3.8) is 0 Å². The lowest BCUT2D eigenvalue weighted by atomic mass is 9.71. The average molecular weight is 372 g/mol. The van der Waals surface area contributed by atoms with Crippen LogP contribution in [0.15, 0.2) is 60.7 Å². The van der Waals surface area contributed by atoms with Crippen molar-refractivity contribution in [1.82, 2.24) is 0 Å². The van der Waals surface area contributed by atoms with E-state index in [1.54, 1.807) is 12.1 Å². The summed E-state index contributed by atoms with van der Waals surface area (Å²) < 4.78 is 12.5. The van der Waals surface area contributed by atoms with Crippen LogP contribution < -0.4 is 4.74 Å². The van der Waals surface area contributed by atoms with Crippen molar-refractivity contribution < 1.29 is 24.8 Å². The summed E-state index contributed by atoms with van der Waals surface area (Å²) in [5.74, 6) is 0.559. The van der Waals surface area contributed by atoms with Gasteiger partial charge in [0.05, 0.1) is 13.2 Å². The molecule has 0 radical (unpaired) electrons. The summed E-state index contributed by atoms with van der Waals surface area (Å²) in [6.45, 7) is 1.64. The van der Waals surface area contributed by atoms with Gasteiger partial charge in [-0.3, -0.25) is 0 Å². The summed E-state index contributed by atoms with van der Waals surface area (Å²) in [7, 11) is 0. The first-order valence-corrected chi connectivity index (χ1v) is 9.50. The molecule has 1 aliphatic heterocycles. The SMILES string of the molecule is CCCC[C@]1([C@@](CO)(Oc2ccccc2)c2ccccc2)OC[C@H](O)[C@H]1O. The summed E-state index contributed by atoms with van der Waals surface area (Å²) in [5.41, 5.74) is -1.93. The highest BCUT2D eigenvalue weighted by atomic mass is 16.6. The molecule has 5 nitrogen and oxygen atoms in total. The van der Waals surface area contributed by atoms with Gasteiger partial charge in [0.15, 0.2) is 5.60 Å². The lowest BCUT2D eigenvalue weighted by Crippen LogP contribution is -2.63. The van der Waals surface area contributed by atoms with E-state index < -0.39 is 30.0 Å². The third-order valence-electron chi connectivity index (χ3n) is 5.44. The largest absolute Gasteiger partial charge is 0.477 e. The van der Waals surface area contributed by atoms with Crippen molar-refractivity contribution in [3.8, 4) is 5.75 Å². The number of aliphatic hydroxyl groups excluding tert-OH is 3. The topological polar surface area (TPSA) is 79.2 Å². The molecular formula is C22H28O5. The van der Waals surface area contributed by atoms with Gasteiger partial charge in [0.25, 0.3) is 0 Å². The van der Waals surface area contributed by atoms with Crippen molar-refractivity contribution in [2.45, 2.75) is 49.6 Å². The zero-order chi connectivity index (χ0) is 19.3. The Labute approximate surface area is 160 Å². The van der Waals surface area contributed by atoms with Gasteiger partial charge in [-0.1, -0.05) is 68.3 Å². The minimum Gasteiger partial charge on any atom is -0.477 e. The molecule has 1 aliphatic rings. The number of ether oxygens (including phenoxy) is 2. The predicted octanol–water partition coefficient (Wildman–Crippen LogP) is 2.63. The second kappa shape index (κ2) is 8.40. The Morgan fingerprint density at radius 1 is 1.07 bits per heavy atom. The van der Waals surface area contributed by atoms with Crippen LogP contribution in [0.5, 0.6) is 5.75 Å². The summed E-state index contributed by atoms with van der Waals surface area (Å²) in [6.07, 6.45) is -0.119. The molecule has 3 rings (SSSR count). The van der Waals surface area contributed by atoms with Gasteiger partial charge >= 0.3 is 0 Å². The monoisotopic (exact) mass is 372 g/mol. The number of benzene rings is 2. The molecule has 2 aromatic carbocycles. The van der Waals surface area contributed by atoms with E-state index in [1.807, 2.05) is 55.5 Å². The zero-order valence-corrected chi connectivity index (χ0v) is 15.6. The standard InChI is InChI=1S/C22H28O5/c1-2-3-14-21(20(25)19(24)15-26-21)22(16-23,17-10-6-4-7-11-17)27-18-12-8-5-9-13-18/h4-13,19-20,23-25H,2-3,14-16H2,1H3/t19-,20+,21-,22-/m0/s1. The van der Waals surface area contributed by atoms with E-state index in [0.29, 0.717) is 17.7 Å². The number of para-hydroxylation sites is 1. The first-order chi connectivity index (χ1) is 13.1. The average Bonchev–Trinajstić information content (AvgIpc) is 3.01. The highest BCUT2D eigenvalue weighted by molar-refractivity contribution is 5.33. The number of aliphatic hydroxyl groups is 3. The fraction of sp³-hybridized carbons (Fsp3) is 0.455. The molecule has 0 amide bonds. The Morgan fingerprint density at radius 3 is 2.22 bits per heavy atom. The molecule has 0 unspecified atom stereocenters. The highest BCUT2D eigenvalue weighted by Gasteiger charge is 2.64. The van der Waals surface area contributed by atoms with Gasteiger partial charge < -0.3 is 24.8 Å². The maximum Gasteiger partial charge on any atom is 0.188 e. The molecule has 0 aromatic heterocycles. The highest BCUT2D eigenvalue weighted by Crippen LogP contribution is 2.48. The lowest BCUT2D eigenvalue weighted by Gasteiger charge is -2.48.